The van der Waals surface area contributed by atoms with E-state index in [4.69, 9.17) is 9.47 Å². The van der Waals surface area contributed by atoms with E-state index in [1.165, 1.54) is 17.0 Å². The Morgan fingerprint density at radius 1 is 1.36 bits per heavy atom. The number of carbonyl (C=O) groups excluding carboxylic acids is 2. The van der Waals surface area contributed by atoms with Crippen LogP contribution in [0.15, 0.2) is 53.4 Å². The quantitative estimate of drug-likeness (QED) is 0.605. The first kappa shape index (κ1) is 22.9. The molecule has 0 aromatic heterocycles. The molecular formula is C25H26FN3O4. The van der Waals surface area contributed by atoms with Crippen molar-refractivity contribution in [2.75, 3.05) is 33.9 Å². The van der Waals surface area contributed by atoms with Crippen LogP contribution < -0.4 is 0 Å². The molecule has 8 heteroatoms. The van der Waals surface area contributed by atoms with Crippen LogP contribution in [0, 0.1) is 17.1 Å². The number of hydrogen-bond acceptors (Lipinski definition) is 6. The molecule has 1 saturated carbocycles. The number of Topliss-reactive ketones (excluding diaryl/α,β-unsaturated/α-hetero) is 1. The molecule has 1 heterocycles. The molecule has 1 atom stereocenters. The number of nitriles is 1. The van der Waals surface area contributed by atoms with Crippen molar-refractivity contribution in [1.29, 1.82) is 5.26 Å². The van der Waals surface area contributed by atoms with Gasteiger partial charge in [-0.05, 0) is 47.8 Å². The van der Waals surface area contributed by atoms with Crippen molar-refractivity contribution in [3.05, 3.63) is 64.8 Å². The summed E-state index contributed by atoms with van der Waals surface area (Å²) in [6, 6.07) is 8.59. The smallest absolute Gasteiger partial charge is 0.248 e. The van der Waals surface area contributed by atoms with Gasteiger partial charge in [0.2, 0.25) is 5.91 Å². The van der Waals surface area contributed by atoms with Crippen LogP contribution in [0.1, 0.15) is 24.8 Å². The number of carbonyl (C=O) groups is 2. The summed E-state index contributed by atoms with van der Waals surface area (Å²) in [7, 11) is 3.20. The number of ketones is 1. The van der Waals surface area contributed by atoms with Crippen molar-refractivity contribution in [2.45, 2.75) is 31.4 Å². The molecule has 1 fully saturated rings. The maximum absolute atomic E-state index is 14.1. The van der Waals surface area contributed by atoms with Crippen LogP contribution in [0.5, 0.6) is 0 Å². The van der Waals surface area contributed by atoms with Crippen LogP contribution in [-0.2, 0) is 19.1 Å². The lowest BCUT2D eigenvalue weighted by Gasteiger charge is -2.34. The van der Waals surface area contributed by atoms with E-state index in [0.29, 0.717) is 35.6 Å². The SMILES string of the molecule is COCCN(C)C(=O)COC1C=C2C(=CN(C3CC3)C(C#N)=C2c2cccc(F)c2)CC1=O. The molecule has 1 aromatic carbocycles. The third-order valence-electron chi connectivity index (χ3n) is 6.01. The van der Waals surface area contributed by atoms with E-state index in [2.05, 4.69) is 6.07 Å². The van der Waals surface area contributed by atoms with Gasteiger partial charge in [-0.2, -0.15) is 5.26 Å². The molecule has 1 aliphatic heterocycles. The number of halogens is 1. The summed E-state index contributed by atoms with van der Waals surface area (Å²) < 4.78 is 24.7. The minimum absolute atomic E-state index is 0.116. The molecule has 1 amide bonds. The molecule has 7 nitrogen and oxygen atoms in total. The second-order valence-electron chi connectivity index (χ2n) is 8.40. The average Bonchev–Trinajstić information content (AvgIpc) is 3.65. The Hall–Kier alpha value is -3.28. The second kappa shape index (κ2) is 9.69. The number of fused-ring (bicyclic) bond motifs is 1. The highest BCUT2D eigenvalue weighted by Crippen LogP contribution is 2.44. The molecule has 4 rings (SSSR count). The predicted molar refractivity (Wildman–Crippen MR) is 119 cm³/mol. The summed E-state index contributed by atoms with van der Waals surface area (Å²) in [5.41, 5.74) is 3.04. The van der Waals surface area contributed by atoms with Crippen LogP contribution >= 0.6 is 0 Å². The van der Waals surface area contributed by atoms with Crippen LogP contribution in [0.25, 0.3) is 5.57 Å². The Morgan fingerprint density at radius 3 is 2.82 bits per heavy atom. The van der Waals surface area contributed by atoms with Gasteiger partial charge in [-0.1, -0.05) is 12.1 Å². The molecule has 1 unspecified atom stereocenters. The molecular weight excluding hydrogens is 425 g/mol. The summed E-state index contributed by atoms with van der Waals surface area (Å²) in [4.78, 5) is 28.6. The molecule has 0 spiro atoms. The first-order valence-corrected chi connectivity index (χ1v) is 10.9. The Labute approximate surface area is 192 Å². The number of allylic oxidation sites excluding steroid dienone is 4. The third-order valence-corrected chi connectivity index (χ3v) is 6.01. The Bertz CT molecular complexity index is 1100. The van der Waals surface area contributed by atoms with Gasteiger partial charge in [-0.15, -0.1) is 0 Å². The number of nitrogens with zero attached hydrogens (tertiary/aromatic N) is 3. The summed E-state index contributed by atoms with van der Waals surface area (Å²) in [5, 5.41) is 10.00. The average molecular weight is 451 g/mol. The van der Waals surface area contributed by atoms with Crippen molar-refractivity contribution in [3.63, 3.8) is 0 Å². The van der Waals surface area contributed by atoms with E-state index in [-0.39, 0.29) is 30.8 Å². The molecule has 172 valence electrons. The zero-order valence-electron chi connectivity index (χ0n) is 18.7. The minimum atomic E-state index is -0.923. The maximum Gasteiger partial charge on any atom is 0.248 e. The Kier molecular flexibility index (Phi) is 6.72. The molecule has 0 bridgehead atoms. The van der Waals surface area contributed by atoms with E-state index in [9.17, 15) is 19.2 Å². The lowest BCUT2D eigenvalue weighted by molar-refractivity contribution is -0.140. The topological polar surface area (TPSA) is 82.9 Å². The standard InChI is InChI=1S/C25H26FN3O4/c1-28(8-9-32-2)24(31)15-33-23-12-20-17(11-22(23)30)14-29(19-6-7-19)21(13-27)25(20)16-4-3-5-18(26)10-16/h3-5,10,12,14,19,23H,6-9,11,15H2,1-2H3. The lowest BCUT2D eigenvalue weighted by atomic mass is 9.81. The molecule has 33 heavy (non-hydrogen) atoms. The minimum Gasteiger partial charge on any atom is -0.383 e. The van der Waals surface area contributed by atoms with Crippen molar-refractivity contribution in [2.24, 2.45) is 0 Å². The van der Waals surface area contributed by atoms with Gasteiger partial charge < -0.3 is 19.3 Å². The molecule has 0 N–H and O–H groups in total. The van der Waals surface area contributed by atoms with Crippen LogP contribution in [0.2, 0.25) is 0 Å². The van der Waals surface area contributed by atoms with Gasteiger partial charge >= 0.3 is 0 Å². The number of rotatable bonds is 8. The van der Waals surface area contributed by atoms with Gasteiger partial charge in [0, 0.05) is 44.9 Å². The summed E-state index contributed by atoms with van der Waals surface area (Å²) in [5.74, 6) is -0.829. The van der Waals surface area contributed by atoms with Gasteiger partial charge in [0.05, 0.1) is 6.61 Å². The van der Waals surface area contributed by atoms with Crippen molar-refractivity contribution >= 4 is 17.3 Å². The van der Waals surface area contributed by atoms with E-state index in [1.54, 1.807) is 32.4 Å². The summed E-state index contributed by atoms with van der Waals surface area (Å²) in [6.45, 7) is 0.567. The molecule has 2 aliphatic carbocycles. The summed E-state index contributed by atoms with van der Waals surface area (Å²) in [6.07, 6.45) is 4.63. The highest BCUT2D eigenvalue weighted by atomic mass is 19.1. The van der Waals surface area contributed by atoms with E-state index in [1.807, 2.05) is 11.1 Å². The summed E-state index contributed by atoms with van der Waals surface area (Å²) >= 11 is 0. The lowest BCUT2D eigenvalue weighted by Crippen LogP contribution is -2.37. The zero-order chi connectivity index (χ0) is 23.5. The van der Waals surface area contributed by atoms with Crippen LogP contribution in [0.4, 0.5) is 4.39 Å². The van der Waals surface area contributed by atoms with Crippen molar-refractivity contribution in [1.82, 2.24) is 9.80 Å². The van der Waals surface area contributed by atoms with Gasteiger partial charge in [0.1, 0.15) is 30.3 Å². The number of methoxy groups -OCH3 is 1. The van der Waals surface area contributed by atoms with Gasteiger partial charge in [0.25, 0.3) is 0 Å². The first-order valence-electron chi connectivity index (χ1n) is 10.9. The number of ether oxygens (including phenoxy) is 2. The van der Waals surface area contributed by atoms with E-state index >= 15 is 0 Å². The van der Waals surface area contributed by atoms with Crippen LogP contribution in [-0.4, -0.2) is 67.6 Å². The molecule has 3 aliphatic rings. The molecule has 0 radical (unpaired) electrons. The van der Waals surface area contributed by atoms with Crippen molar-refractivity contribution in [3.8, 4) is 6.07 Å². The third kappa shape index (κ3) is 4.90. The number of amides is 1. The first-order chi connectivity index (χ1) is 15.9. The number of hydrogen-bond donors (Lipinski definition) is 0. The van der Waals surface area contributed by atoms with E-state index < -0.39 is 11.9 Å². The normalized spacial score (nSPS) is 20.1. The fourth-order valence-corrected chi connectivity index (χ4v) is 4.04. The maximum atomic E-state index is 14.1. The Morgan fingerprint density at radius 2 is 2.15 bits per heavy atom. The highest BCUT2D eigenvalue weighted by Gasteiger charge is 2.38. The van der Waals surface area contributed by atoms with Crippen molar-refractivity contribution < 1.29 is 23.5 Å². The fraction of sp³-hybridized carbons (Fsp3) is 0.400. The van der Waals surface area contributed by atoms with Gasteiger partial charge in [0.15, 0.2) is 5.78 Å². The van der Waals surface area contributed by atoms with E-state index in [0.717, 1.165) is 18.4 Å². The number of likely N-dealkylation sites (N-methyl/N-ethyl adjacent to an activating group) is 1. The number of benzene rings is 1. The second-order valence-corrected chi connectivity index (χ2v) is 8.40. The predicted octanol–water partition coefficient (Wildman–Crippen LogP) is 2.81. The fourth-order valence-electron chi connectivity index (χ4n) is 4.04. The molecule has 1 aromatic rings. The van der Waals surface area contributed by atoms with Gasteiger partial charge in [-0.3, -0.25) is 9.59 Å². The monoisotopic (exact) mass is 451 g/mol. The van der Waals surface area contributed by atoms with Gasteiger partial charge in [-0.25, -0.2) is 4.39 Å². The highest BCUT2D eigenvalue weighted by molar-refractivity contribution is 5.98. The molecule has 0 saturated heterocycles. The van der Waals surface area contributed by atoms with Crippen LogP contribution in [0.3, 0.4) is 0 Å². The largest absolute Gasteiger partial charge is 0.383 e. The zero-order valence-corrected chi connectivity index (χ0v) is 18.7. The Balaban J connectivity index is 1.66.